The summed E-state index contributed by atoms with van der Waals surface area (Å²) in [5.74, 6) is 0. The van der Waals surface area contributed by atoms with Crippen LogP contribution < -0.4 is 11.2 Å². The van der Waals surface area contributed by atoms with Crippen molar-refractivity contribution in [1.82, 2.24) is 14.4 Å². The molecule has 0 fully saturated rings. The predicted octanol–water partition coefficient (Wildman–Crippen LogP) is 1.69. The van der Waals surface area contributed by atoms with Crippen LogP contribution in [0.25, 0.3) is 27.5 Å². The summed E-state index contributed by atoms with van der Waals surface area (Å²) in [5.41, 5.74) is 0.820. The molecule has 0 aliphatic heterocycles. The molecule has 0 aliphatic carbocycles. The molecular weight excluding hydrogens is 254 g/mol. The van der Waals surface area contributed by atoms with Crippen molar-refractivity contribution in [2.75, 3.05) is 0 Å². The second-order valence-corrected chi connectivity index (χ2v) is 4.57. The van der Waals surface area contributed by atoms with E-state index in [1.54, 1.807) is 24.3 Å². The number of fused-ring (bicyclic) bond motifs is 4. The van der Waals surface area contributed by atoms with Crippen molar-refractivity contribution in [1.29, 1.82) is 0 Å². The Labute approximate surface area is 112 Å². The normalized spacial score (nSPS) is 11.4. The lowest BCUT2D eigenvalue weighted by molar-refractivity contribution is 0.971. The first-order chi connectivity index (χ1) is 9.75. The average molecular weight is 263 g/mol. The van der Waals surface area contributed by atoms with Crippen molar-refractivity contribution in [3.8, 4) is 0 Å². The summed E-state index contributed by atoms with van der Waals surface area (Å²) in [6, 6.07) is 14.3. The van der Waals surface area contributed by atoms with Gasteiger partial charge in [0.2, 0.25) is 0 Å². The Morgan fingerprint density at radius 1 is 0.900 bits per heavy atom. The van der Waals surface area contributed by atoms with Crippen molar-refractivity contribution in [2.24, 2.45) is 0 Å². The molecule has 1 N–H and O–H groups in total. The number of H-pyrrole nitrogens is 1. The van der Waals surface area contributed by atoms with E-state index in [2.05, 4.69) is 9.97 Å². The van der Waals surface area contributed by atoms with Gasteiger partial charge in [0.25, 0.3) is 5.56 Å². The van der Waals surface area contributed by atoms with Gasteiger partial charge < -0.3 is 4.98 Å². The van der Waals surface area contributed by atoms with Crippen LogP contribution >= 0.6 is 0 Å². The molecule has 0 radical (unpaired) electrons. The number of aromatic nitrogens is 3. The SMILES string of the molecule is O=c1[nH]c2ccccc2c2nc3ccccc3c(=O)n12. The van der Waals surface area contributed by atoms with E-state index in [1.165, 1.54) is 0 Å². The third-order valence-corrected chi connectivity index (χ3v) is 3.39. The summed E-state index contributed by atoms with van der Waals surface area (Å²) in [7, 11) is 0. The van der Waals surface area contributed by atoms with Crippen LogP contribution in [0, 0.1) is 0 Å². The Bertz CT molecular complexity index is 1090. The zero-order valence-electron chi connectivity index (χ0n) is 10.3. The number of aromatic amines is 1. The Balaban J connectivity index is 2.43. The van der Waals surface area contributed by atoms with Gasteiger partial charge in [-0.15, -0.1) is 0 Å². The zero-order valence-corrected chi connectivity index (χ0v) is 10.3. The summed E-state index contributed by atoms with van der Waals surface area (Å²) in [6.45, 7) is 0. The molecule has 4 rings (SSSR count). The minimum atomic E-state index is -0.470. The minimum Gasteiger partial charge on any atom is -0.306 e. The summed E-state index contributed by atoms with van der Waals surface area (Å²) in [4.78, 5) is 31.8. The van der Waals surface area contributed by atoms with Gasteiger partial charge in [0, 0.05) is 5.39 Å². The van der Waals surface area contributed by atoms with E-state index in [9.17, 15) is 9.59 Å². The topological polar surface area (TPSA) is 67.2 Å². The van der Waals surface area contributed by atoms with E-state index in [-0.39, 0.29) is 5.56 Å². The lowest BCUT2D eigenvalue weighted by atomic mass is 10.2. The molecule has 0 bridgehead atoms. The molecule has 4 aromatic rings. The molecule has 0 saturated carbocycles. The summed E-state index contributed by atoms with van der Waals surface area (Å²) in [5, 5.41) is 1.18. The van der Waals surface area contributed by atoms with Gasteiger partial charge in [-0.3, -0.25) is 4.79 Å². The molecule has 2 heterocycles. The number of hydrogen-bond acceptors (Lipinski definition) is 3. The van der Waals surface area contributed by atoms with E-state index >= 15 is 0 Å². The van der Waals surface area contributed by atoms with Crippen molar-refractivity contribution >= 4 is 27.5 Å². The van der Waals surface area contributed by atoms with E-state index in [0.29, 0.717) is 22.1 Å². The number of nitrogens with zero attached hydrogens (tertiary/aromatic N) is 2. The van der Waals surface area contributed by atoms with Gasteiger partial charge in [0.15, 0.2) is 5.65 Å². The molecule has 0 amide bonds. The predicted molar refractivity (Wildman–Crippen MR) is 77.1 cm³/mol. The number of benzene rings is 2. The third-order valence-electron chi connectivity index (χ3n) is 3.39. The molecule has 0 aliphatic rings. The third kappa shape index (κ3) is 1.34. The van der Waals surface area contributed by atoms with Crippen LogP contribution in [0.15, 0.2) is 58.1 Å². The van der Waals surface area contributed by atoms with Crippen LogP contribution in [-0.2, 0) is 0 Å². The first-order valence-electron chi connectivity index (χ1n) is 6.18. The highest BCUT2D eigenvalue weighted by molar-refractivity contribution is 5.93. The second-order valence-electron chi connectivity index (χ2n) is 4.57. The van der Waals surface area contributed by atoms with Crippen LogP contribution in [-0.4, -0.2) is 14.4 Å². The van der Waals surface area contributed by atoms with Crippen LogP contribution in [0.1, 0.15) is 0 Å². The smallest absolute Gasteiger partial charge is 0.306 e. The quantitative estimate of drug-likeness (QED) is 0.388. The molecule has 96 valence electrons. The highest BCUT2D eigenvalue weighted by Crippen LogP contribution is 2.15. The Hall–Kier alpha value is -2.95. The maximum Gasteiger partial charge on any atom is 0.334 e. The molecule has 5 nitrogen and oxygen atoms in total. The fraction of sp³-hybridized carbons (Fsp3) is 0. The Kier molecular flexibility index (Phi) is 2.06. The van der Waals surface area contributed by atoms with E-state index < -0.39 is 5.69 Å². The first-order valence-corrected chi connectivity index (χ1v) is 6.18. The van der Waals surface area contributed by atoms with Gasteiger partial charge in [0.1, 0.15) is 0 Å². The number of nitrogens with one attached hydrogen (secondary N) is 1. The molecule has 2 aromatic carbocycles. The summed E-state index contributed by atoms with van der Waals surface area (Å²) >= 11 is 0. The molecular formula is C15H9N3O2. The Morgan fingerprint density at radius 2 is 1.60 bits per heavy atom. The summed E-state index contributed by atoms with van der Waals surface area (Å²) < 4.78 is 1.09. The molecule has 0 spiro atoms. The highest BCUT2D eigenvalue weighted by atomic mass is 16.2. The monoisotopic (exact) mass is 263 g/mol. The number of hydrogen-bond donors (Lipinski definition) is 1. The lowest BCUT2D eigenvalue weighted by Gasteiger charge is -2.05. The molecule has 5 heteroatoms. The molecule has 0 saturated heterocycles. The van der Waals surface area contributed by atoms with Crippen molar-refractivity contribution in [2.45, 2.75) is 0 Å². The van der Waals surface area contributed by atoms with Crippen molar-refractivity contribution < 1.29 is 0 Å². The van der Waals surface area contributed by atoms with Crippen LogP contribution in [0.3, 0.4) is 0 Å². The van der Waals surface area contributed by atoms with Crippen LogP contribution in [0.5, 0.6) is 0 Å². The molecule has 20 heavy (non-hydrogen) atoms. The van der Waals surface area contributed by atoms with E-state index in [4.69, 9.17) is 0 Å². The maximum atomic E-state index is 12.5. The average Bonchev–Trinajstić information content (AvgIpc) is 2.47. The maximum absolute atomic E-state index is 12.5. The van der Waals surface area contributed by atoms with Gasteiger partial charge in [0.05, 0.1) is 16.4 Å². The molecule has 0 atom stereocenters. The highest BCUT2D eigenvalue weighted by Gasteiger charge is 2.10. The number of rotatable bonds is 0. The second kappa shape index (κ2) is 3.77. The van der Waals surface area contributed by atoms with Gasteiger partial charge >= 0.3 is 5.69 Å². The van der Waals surface area contributed by atoms with Crippen LogP contribution in [0.4, 0.5) is 0 Å². The van der Waals surface area contributed by atoms with Crippen molar-refractivity contribution in [3.63, 3.8) is 0 Å². The Morgan fingerprint density at radius 3 is 2.45 bits per heavy atom. The summed E-state index contributed by atoms with van der Waals surface area (Å²) in [6.07, 6.45) is 0. The fourth-order valence-corrected chi connectivity index (χ4v) is 2.46. The van der Waals surface area contributed by atoms with Gasteiger partial charge in [-0.1, -0.05) is 24.3 Å². The zero-order chi connectivity index (χ0) is 13.7. The standard InChI is InChI=1S/C15H9N3O2/c19-14-10-6-2-4-8-12(10)16-13-9-5-1-3-7-11(9)17-15(20)18(13)14/h1-8H,(H,17,20). The van der Waals surface area contributed by atoms with E-state index in [1.807, 2.05) is 24.3 Å². The largest absolute Gasteiger partial charge is 0.334 e. The fourth-order valence-electron chi connectivity index (χ4n) is 2.46. The molecule has 2 aromatic heterocycles. The number of para-hydroxylation sites is 2. The van der Waals surface area contributed by atoms with Crippen molar-refractivity contribution in [3.05, 3.63) is 69.4 Å². The van der Waals surface area contributed by atoms with E-state index in [0.717, 1.165) is 9.79 Å². The minimum absolute atomic E-state index is 0.349. The van der Waals surface area contributed by atoms with Gasteiger partial charge in [-0.25, -0.2) is 14.2 Å². The first kappa shape index (κ1) is 10.9. The van der Waals surface area contributed by atoms with Crippen LogP contribution in [0.2, 0.25) is 0 Å². The molecule has 0 unspecified atom stereocenters. The lowest BCUT2D eigenvalue weighted by Crippen LogP contribution is -2.29. The van der Waals surface area contributed by atoms with Gasteiger partial charge in [-0.05, 0) is 24.3 Å². The van der Waals surface area contributed by atoms with Gasteiger partial charge in [-0.2, -0.15) is 0 Å².